The van der Waals surface area contributed by atoms with Gasteiger partial charge in [-0.25, -0.2) is 8.42 Å². The Labute approximate surface area is 168 Å². The first-order chi connectivity index (χ1) is 12.8. The first-order valence-corrected chi connectivity index (χ1v) is 11.3. The fourth-order valence-electron chi connectivity index (χ4n) is 2.96. The van der Waals surface area contributed by atoms with Crippen molar-refractivity contribution in [2.75, 3.05) is 18.5 Å². The molecule has 2 N–H and O–H groups in total. The number of hydrogen-bond acceptors (Lipinski definition) is 5. The van der Waals surface area contributed by atoms with Crippen LogP contribution < -0.4 is 10.9 Å². The van der Waals surface area contributed by atoms with Gasteiger partial charge in [0.25, 0.3) is 10.0 Å². The lowest BCUT2D eigenvalue weighted by molar-refractivity contribution is -0.125. The lowest BCUT2D eigenvalue weighted by atomic mass is 9.99. The van der Waals surface area contributed by atoms with Crippen LogP contribution in [0.5, 0.6) is 0 Å². The van der Waals surface area contributed by atoms with Crippen molar-refractivity contribution in [2.45, 2.75) is 30.9 Å². The van der Waals surface area contributed by atoms with Gasteiger partial charge in [-0.3, -0.25) is 15.6 Å². The van der Waals surface area contributed by atoms with E-state index in [-0.39, 0.29) is 12.5 Å². The van der Waals surface area contributed by atoms with Crippen LogP contribution in [0.4, 0.5) is 5.69 Å². The number of thiophene rings is 1. The van der Waals surface area contributed by atoms with Gasteiger partial charge in [0.2, 0.25) is 5.91 Å². The fraction of sp³-hybridized carbons (Fsp3) is 0.389. The van der Waals surface area contributed by atoms with Crippen LogP contribution in [0.1, 0.15) is 23.3 Å². The number of rotatable bonds is 5. The number of hydrazine groups is 1. The second-order valence-electron chi connectivity index (χ2n) is 6.65. The number of nitrogens with one attached hydrogen (secondary N) is 2. The summed E-state index contributed by atoms with van der Waals surface area (Å²) in [7, 11) is -3.55. The Kier molecular flexibility index (Phi) is 6.10. The van der Waals surface area contributed by atoms with Crippen molar-refractivity contribution in [3.63, 3.8) is 0 Å². The van der Waals surface area contributed by atoms with Gasteiger partial charge in [-0.05, 0) is 56.5 Å². The third kappa shape index (κ3) is 4.63. The number of carbonyl (C=O) groups excluding carboxylic acids is 1. The molecule has 3 rings (SSSR count). The van der Waals surface area contributed by atoms with E-state index in [9.17, 15) is 13.2 Å². The van der Waals surface area contributed by atoms with Gasteiger partial charge >= 0.3 is 0 Å². The van der Waals surface area contributed by atoms with Gasteiger partial charge in [0.15, 0.2) is 0 Å². The Morgan fingerprint density at radius 2 is 2.04 bits per heavy atom. The third-order valence-electron chi connectivity index (χ3n) is 4.57. The Hall–Kier alpha value is -1.61. The molecule has 1 aromatic carbocycles. The predicted octanol–water partition coefficient (Wildman–Crippen LogP) is 3.56. The Balaban J connectivity index is 1.63. The molecule has 0 bridgehead atoms. The second-order valence-corrected chi connectivity index (χ2v) is 10.5. The van der Waals surface area contributed by atoms with Gasteiger partial charge in [0.1, 0.15) is 4.21 Å². The highest BCUT2D eigenvalue weighted by Crippen LogP contribution is 2.28. The highest BCUT2D eigenvalue weighted by atomic mass is 35.5. The van der Waals surface area contributed by atoms with Crippen LogP contribution >= 0.6 is 22.9 Å². The van der Waals surface area contributed by atoms with E-state index in [1.54, 1.807) is 18.2 Å². The standard InChI is InChI=1S/C18H22ClN3O3S2/c1-12-5-7-15(10-16(12)19)20-21-18(23)14-4-3-9-22(11-14)27(24,25)17-8-6-13(2)26-17/h5-8,10,14,20H,3-4,9,11H2,1-2H3,(H,21,23). The molecule has 27 heavy (non-hydrogen) atoms. The van der Waals surface area contributed by atoms with Crippen molar-refractivity contribution in [1.29, 1.82) is 0 Å². The molecule has 2 heterocycles. The SMILES string of the molecule is Cc1ccc(S(=O)(=O)N2CCCC(C(=O)NNc3ccc(C)c(Cl)c3)C2)s1. The molecule has 146 valence electrons. The summed E-state index contributed by atoms with van der Waals surface area (Å²) in [5, 5.41) is 0.607. The first kappa shape index (κ1) is 20.1. The highest BCUT2D eigenvalue weighted by molar-refractivity contribution is 7.91. The van der Waals surface area contributed by atoms with Crippen LogP contribution in [0, 0.1) is 19.8 Å². The minimum Gasteiger partial charge on any atom is -0.299 e. The topological polar surface area (TPSA) is 78.5 Å². The van der Waals surface area contributed by atoms with E-state index in [4.69, 9.17) is 11.6 Å². The third-order valence-corrected chi connectivity index (χ3v) is 8.31. The number of halogens is 1. The lowest BCUT2D eigenvalue weighted by Crippen LogP contribution is -2.46. The average Bonchev–Trinajstić information content (AvgIpc) is 3.10. The average molecular weight is 428 g/mol. The number of aryl methyl sites for hydroxylation is 2. The van der Waals surface area contributed by atoms with Crippen molar-refractivity contribution in [1.82, 2.24) is 9.73 Å². The van der Waals surface area contributed by atoms with Crippen LogP contribution in [0.15, 0.2) is 34.5 Å². The van der Waals surface area contributed by atoms with Gasteiger partial charge in [0, 0.05) is 23.0 Å². The molecule has 0 spiro atoms. The number of hydrogen-bond donors (Lipinski definition) is 2. The molecule has 1 amide bonds. The Morgan fingerprint density at radius 3 is 2.70 bits per heavy atom. The van der Waals surface area contributed by atoms with Gasteiger partial charge in [-0.1, -0.05) is 17.7 Å². The maximum absolute atomic E-state index is 12.8. The van der Waals surface area contributed by atoms with Gasteiger partial charge < -0.3 is 0 Å². The molecule has 6 nitrogen and oxygen atoms in total. The molecule has 1 saturated heterocycles. The zero-order valence-electron chi connectivity index (χ0n) is 15.2. The number of carbonyl (C=O) groups is 1. The summed E-state index contributed by atoms with van der Waals surface area (Å²) in [5.74, 6) is -0.628. The van der Waals surface area contributed by atoms with E-state index in [0.29, 0.717) is 34.3 Å². The molecule has 1 aliphatic rings. The summed E-state index contributed by atoms with van der Waals surface area (Å²) in [6.45, 7) is 4.39. The molecule has 9 heteroatoms. The molecule has 0 aliphatic carbocycles. The maximum atomic E-state index is 12.8. The molecule has 0 radical (unpaired) electrons. The summed E-state index contributed by atoms with van der Waals surface area (Å²) >= 11 is 7.33. The minimum atomic E-state index is -3.55. The summed E-state index contributed by atoms with van der Waals surface area (Å²) in [5.41, 5.74) is 7.14. The smallest absolute Gasteiger partial charge is 0.252 e. The van der Waals surface area contributed by atoms with Crippen molar-refractivity contribution in [2.24, 2.45) is 5.92 Å². The van der Waals surface area contributed by atoms with E-state index in [2.05, 4.69) is 10.9 Å². The Bertz CT molecular complexity index is 943. The number of nitrogens with zero attached hydrogens (tertiary/aromatic N) is 1. The lowest BCUT2D eigenvalue weighted by Gasteiger charge is -2.30. The van der Waals surface area contributed by atoms with Crippen molar-refractivity contribution < 1.29 is 13.2 Å². The Morgan fingerprint density at radius 1 is 1.26 bits per heavy atom. The van der Waals surface area contributed by atoms with Gasteiger partial charge in [-0.2, -0.15) is 4.31 Å². The molecule has 0 saturated carbocycles. The molecule has 1 atom stereocenters. The predicted molar refractivity (Wildman–Crippen MR) is 108 cm³/mol. The van der Waals surface area contributed by atoms with Crippen LogP contribution in [0.25, 0.3) is 0 Å². The van der Waals surface area contributed by atoms with Crippen molar-refractivity contribution in [3.8, 4) is 0 Å². The zero-order chi connectivity index (χ0) is 19.6. The molecule has 1 aromatic heterocycles. The number of amides is 1. The number of anilines is 1. The molecular weight excluding hydrogens is 406 g/mol. The number of benzene rings is 1. The molecule has 1 aliphatic heterocycles. The normalized spacial score (nSPS) is 18.3. The summed E-state index contributed by atoms with van der Waals surface area (Å²) < 4.78 is 27.3. The quantitative estimate of drug-likeness (QED) is 0.715. The monoisotopic (exact) mass is 427 g/mol. The maximum Gasteiger partial charge on any atom is 0.252 e. The van der Waals surface area contributed by atoms with E-state index < -0.39 is 15.9 Å². The van der Waals surface area contributed by atoms with Crippen LogP contribution in [0.3, 0.4) is 0 Å². The number of sulfonamides is 1. The van der Waals surface area contributed by atoms with Crippen LogP contribution in [-0.4, -0.2) is 31.7 Å². The highest BCUT2D eigenvalue weighted by Gasteiger charge is 2.34. The summed E-state index contributed by atoms with van der Waals surface area (Å²) in [6.07, 6.45) is 1.30. The van der Waals surface area contributed by atoms with E-state index in [0.717, 1.165) is 10.4 Å². The van der Waals surface area contributed by atoms with E-state index >= 15 is 0 Å². The summed E-state index contributed by atoms with van der Waals surface area (Å²) in [4.78, 5) is 13.5. The van der Waals surface area contributed by atoms with Crippen LogP contribution in [0.2, 0.25) is 5.02 Å². The molecule has 1 unspecified atom stereocenters. The second kappa shape index (κ2) is 8.18. The first-order valence-electron chi connectivity index (χ1n) is 8.66. The van der Waals surface area contributed by atoms with Crippen molar-refractivity contribution in [3.05, 3.63) is 45.8 Å². The molecule has 2 aromatic rings. The van der Waals surface area contributed by atoms with E-state index in [1.165, 1.54) is 15.6 Å². The van der Waals surface area contributed by atoms with Gasteiger partial charge in [-0.15, -0.1) is 11.3 Å². The number of piperidine rings is 1. The van der Waals surface area contributed by atoms with Gasteiger partial charge in [0.05, 0.1) is 11.6 Å². The summed E-state index contributed by atoms with van der Waals surface area (Å²) in [6, 6.07) is 8.82. The largest absolute Gasteiger partial charge is 0.299 e. The van der Waals surface area contributed by atoms with Crippen molar-refractivity contribution >= 4 is 44.6 Å². The minimum absolute atomic E-state index is 0.182. The van der Waals surface area contributed by atoms with E-state index in [1.807, 2.05) is 26.0 Å². The zero-order valence-corrected chi connectivity index (χ0v) is 17.5. The fourth-order valence-corrected chi connectivity index (χ4v) is 6.10. The van der Waals surface area contributed by atoms with Crippen LogP contribution in [-0.2, 0) is 14.8 Å². The molecule has 1 fully saturated rings. The molecular formula is C18H22ClN3O3S2.